The lowest BCUT2D eigenvalue weighted by Crippen LogP contribution is -2.49. The molecule has 0 spiro atoms. The van der Waals surface area contributed by atoms with Gasteiger partial charge in [-0.2, -0.15) is 0 Å². The van der Waals surface area contributed by atoms with Crippen molar-refractivity contribution in [2.75, 3.05) is 6.54 Å². The van der Waals surface area contributed by atoms with Crippen LogP contribution < -0.4 is 11.1 Å². The molecule has 3 N–H and O–H groups in total. The van der Waals surface area contributed by atoms with E-state index in [0.717, 1.165) is 17.7 Å². The highest BCUT2D eigenvalue weighted by Crippen LogP contribution is 2.20. The van der Waals surface area contributed by atoms with Crippen molar-refractivity contribution in [3.8, 4) is 0 Å². The normalized spacial score (nSPS) is 10.9. The van der Waals surface area contributed by atoms with E-state index in [1.807, 2.05) is 19.9 Å². The van der Waals surface area contributed by atoms with E-state index in [1.54, 1.807) is 0 Å². The first-order valence-electron chi connectivity index (χ1n) is 6.06. The molecule has 0 aliphatic carbocycles. The second-order valence-corrected chi connectivity index (χ2v) is 5.86. The van der Waals surface area contributed by atoms with Crippen molar-refractivity contribution in [2.24, 2.45) is 5.73 Å². The molecule has 0 saturated carbocycles. The van der Waals surface area contributed by atoms with Gasteiger partial charge >= 0.3 is 0 Å². The molecule has 18 heavy (non-hydrogen) atoms. The molecule has 0 atom stereocenters. The van der Waals surface area contributed by atoms with E-state index in [1.165, 1.54) is 21.8 Å². The molecule has 0 aliphatic rings. The van der Waals surface area contributed by atoms with Crippen LogP contribution in [0.15, 0.2) is 6.07 Å². The largest absolute Gasteiger partial charge is 0.349 e. The molecule has 3 nitrogen and oxygen atoms in total. The summed E-state index contributed by atoms with van der Waals surface area (Å²) >= 11 is 1.54. The van der Waals surface area contributed by atoms with Crippen LogP contribution in [0.5, 0.6) is 0 Å². The number of nitrogens with one attached hydrogen (secondary N) is 1. The number of hydrogen-bond acceptors (Lipinski definition) is 3. The van der Waals surface area contributed by atoms with E-state index in [-0.39, 0.29) is 23.9 Å². The molecule has 0 aromatic carbocycles. The Morgan fingerprint density at radius 1 is 1.39 bits per heavy atom. The summed E-state index contributed by atoms with van der Waals surface area (Å²) in [5.74, 6) is -0.0112. The van der Waals surface area contributed by atoms with Crippen molar-refractivity contribution >= 4 is 29.7 Å². The van der Waals surface area contributed by atoms with Crippen LogP contribution in [0.4, 0.5) is 0 Å². The standard InChI is InChI=1S/C13H22N2OS.ClH/c1-5-13(14,6-2)8-15-12(16)11-7-9(3)10(4)17-11;/h7H,5-6,8,14H2,1-4H3,(H,15,16);1H. The van der Waals surface area contributed by atoms with Crippen LogP contribution >= 0.6 is 23.7 Å². The molecular weight excluding hydrogens is 268 g/mol. The maximum atomic E-state index is 11.9. The summed E-state index contributed by atoms with van der Waals surface area (Å²) < 4.78 is 0. The molecule has 1 aromatic rings. The van der Waals surface area contributed by atoms with Gasteiger partial charge in [0, 0.05) is 17.0 Å². The number of carbonyl (C=O) groups is 1. The smallest absolute Gasteiger partial charge is 0.261 e. The fourth-order valence-corrected chi connectivity index (χ4v) is 2.48. The number of hydrogen-bond donors (Lipinski definition) is 2. The summed E-state index contributed by atoms with van der Waals surface area (Å²) in [6, 6.07) is 1.94. The zero-order valence-electron chi connectivity index (χ0n) is 11.5. The highest BCUT2D eigenvalue weighted by Gasteiger charge is 2.21. The SMILES string of the molecule is CCC(N)(CC)CNC(=O)c1cc(C)c(C)s1.Cl. The second kappa shape index (κ2) is 7.12. The Labute approximate surface area is 120 Å². The minimum Gasteiger partial charge on any atom is -0.349 e. The van der Waals surface area contributed by atoms with Crippen molar-refractivity contribution in [3.05, 3.63) is 21.4 Å². The Morgan fingerprint density at radius 3 is 2.33 bits per heavy atom. The van der Waals surface area contributed by atoms with Gasteiger partial charge in [-0.3, -0.25) is 4.79 Å². The third kappa shape index (κ3) is 4.26. The first-order valence-corrected chi connectivity index (χ1v) is 6.87. The fraction of sp³-hybridized carbons (Fsp3) is 0.615. The molecule has 0 aliphatic heterocycles. The Hall–Kier alpha value is -0.580. The monoisotopic (exact) mass is 290 g/mol. The van der Waals surface area contributed by atoms with Crippen LogP contribution in [0.3, 0.4) is 0 Å². The summed E-state index contributed by atoms with van der Waals surface area (Å²) in [6.07, 6.45) is 1.73. The van der Waals surface area contributed by atoms with Crippen molar-refractivity contribution in [1.82, 2.24) is 5.32 Å². The molecule has 104 valence electrons. The van der Waals surface area contributed by atoms with Crippen LogP contribution in [0, 0.1) is 13.8 Å². The topological polar surface area (TPSA) is 55.1 Å². The zero-order valence-corrected chi connectivity index (χ0v) is 13.1. The Balaban J connectivity index is 0.00000289. The van der Waals surface area contributed by atoms with Gasteiger partial charge in [0.05, 0.1) is 4.88 Å². The van der Waals surface area contributed by atoms with E-state index >= 15 is 0 Å². The quantitative estimate of drug-likeness (QED) is 0.876. The number of amides is 1. The Kier molecular flexibility index (Phi) is 6.89. The fourth-order valence-electron chi connectivity index (χ4n) is 1.53. The maximum absolute atomic E-state index is 11.9. The van der Waals surface area contributed by atoms with Crippen LogP contribution in [0.2, 0.25) is 0 Å². The van der Waals surface area contributed by atoms with Gasteiger partial charge in [0.25, 0.3) is 5.91 Å². The van der Waals surface area contributed by atoms with Crippen molar-refractivity contribution in [2.45, 2.75) is 46.1 Å². The van der Waals surface area contributed by atoms with Gasteiger partial charge in [0.2, 0.25) is 0 Å². The maximum Gasteiger partial charge on any atom is 0.261 e. The van der Waals surface area contributed by atoms with Crippen LogP contribution in [-0.2, 0) is 0 Å². The van der Waals surface area contributed by atoms with Gasteiger partial charge in [0.15, 0.2) is 0 Å². The van der Waals surface area contributed by atoms with Gasteiger partial charge < -0.3 is 11.1 Å². The Bertz CT molecular complexity index is 380. The molecule has 1 rings (SSSR count). The average molecular weight is 291 g/mol. The molecule has 0 bridgehead atoms. The molecule has 5 heteroatoms. The highest BCUT2D eigenvalue weighted by atomic mass is 35.5. The first kappa shape index (κ1) is 17.4. The molecular formula is C13H23ClN2OS. The van der Waals surface area contributed by atoms with Gasteiger partial charge in [-0.1, -0.05) is 13.8 Å². The van der Waals surface area contributed by atoms with Gasteiger partial charge in [-0.15, -0.1) is 23.7 Å². The molecule has 0 radical (unpaired) electrons. The minimum atomic E-state index is -0.281. The highest BCUT2D eigenvalue weighted by molar-refractivity contribution is 7.14. The van der Waals surface area contributed by atoms with Crippen LogP contribution in [0.25, 0.3) is 0 Å². The van der Waals surface area contributed by atoms with Crippen molar-refractivity contribution < 1.29 is 4.79 Å². The van der Waals surface area contributed by atoms with E-state index < -0.39 is 0 Å². The van der Waals surface area contributed by atoms with Gasteiger partial charge in [-0.05, 0) is 38.3 Å². The third-order valence-corrected chi connectivity index (χ3v) is 4.55. The molecule has 0 fully saturated rings. The number of thiophene rings is 1. The number of carbonyl (C=O) groups excluding carboxylic acids is 1. The third-order valence-electron chi connectivity index (χ3n) is 3.40. The van der Waals surface area contributed by atoms with Gasteiger partial charge in [0.1, 0.15) is 0 Å². The van der Waals surface area contributed by atoms with Crippen LogP contribution in [0.1, 0.15) is 46.8 Å². The molecule has 0 saturated heterocycles. The second-order valence-electron chi connectivity index (χ2n) is 4.60. The number of aryl methyl sites for hydroxylation is 2. The Morgan fingerprint density at radius 2 is 1.94 bits per heavy atom. The van der Waals surface area contributed by atoms with E-state index in [4.69, 9.17) is 5.73 Å². The summed E-state index contributed by atoms with van der Waals surface area (Å²) in [7, 11) is 0. The lowest BCUT2D eigenvalue weighted by Gasteiger charge is -2.26. The van der Waals surface area contributed by atoms with Crippen molar-refractivity contribution in [3.63, 3.8) is 0 Å². The van der Waals surface area contributed by atoms with Crippen LogP contribution in [-0.4, -0.2) is 18.0 Å². The van der Waals surface area contributed by atoms with Crippen molar-refractivity contribution in [1.29, 1.82) is 0 Å². The predicted molar refractivity (Wildman–Crippen MR) is 80.9 cm³/mol. The van der Waals surface area contributed by atoms with E-state index in [9.17, 15) is 4.79 Å². The summed E-state index contributed by atoms with van der Waals surface area (Å²) in [6.45, 7) is 8.69. The summed E-state index contributed by atoms with van der Waals surface area (Å²) in [5.41, 5.74) is 7.04. The predicted octanol–water partition coefficient (Wildman–Crippen LogP) is 3.03. The molecule has 1 aromatic heterocycles. The first-order chi connectivity index (χ1) is 7.91. The zero-order chi connectivity index (χ0) is 13.1. The van der Waals surface area contributed by atoms with E-state index in [0.29, 0.717) is 6.54 Å². The summed E-state index contributed by atoms with van der Waals surface area (Å²) in [5, 5.41) is 2.93. The average Bonchev–Trinajstić information content (AvgIpc) is 2.66. The lowest BCUT2D eigenvalue weighted by atomic mass is 9.94. The molecule has 1 amide bonds. The number of halogens is 1. The minimum absolute atomic E-state index is 0. The van der Waals surface area contributed by atoms with E-state index in [2.05, 4.69) is 19.2 Å². The summed E-state index contributed by atoms with van der Waals surface area (Å²) in [4.78, 5) is 13.9. The van der Waals surface area contributed by atoms with Gasteiger partial charge in [-0.25, -0.2) is 0 Å². The molecule has 0 unspecified atom stereocenters. The molecule has 1 heterocycles. The number of rotatable bonds is 5. The lowest BCUT2D eigenvalue weighted by molar-refractivity contribution is 0.0946. The number of nitrogens with two attached hydrogens (primary N) is 1.